The molecule has 0 saturated carbocycles. The predicted molar refractivity (Wildman–Crippen MR) is 199 cm³/mol. The Balaban J connectivity index is 1.47. The Hall–Kier alpha value is -4.53. The maximum atomic E-state index is 13.9. The predicted octanol–water partition coefficient (Wildman–Crippen LogP) is 5.61. The lowest BCUT2D eigenvalue weighted by molar-refractivity contribution is -0.124. The first kappa shape index (κ1) is 39.3. The molecule has 4 aromatic rings. The number of nitrogens with zero attached hydrogens (tertiary/aromatic N) is 3. The number of rotatable bonds is 17. The van der Waals surface area contributed by atoms with Crippen molar-refractivity contribution in [3.05, 3.63) is 98.3 Å². The van der Waals surface area contributed by atoms with Crippen molar-refractivity contribution in [2.24, 2.45) is 5.92 Å². The molecule has 0 bridgehead atoms. The van der Waals surface area contributed by atoms with Gasteiger partial charge in [-0.15, -0.1) is 22.7 Å². The number of hydrogen-bond acceptors (Lipinski definition) is 10. The molecular weight excluding hydrogens is 689 g/mol. The van der Waals surface area contributed by atoms with Gasteiger partial charge < -0.3 is 35.8 Å². The van der Waals surface area contributed by atoms with Gasteiger partial charge in [-0.3, -0.25) is 4.79 Å². The van der Waals surface area contributed by atoms with Gasteiger partial charge >= 0.3 is 12.1 Å². The molecule has 12 nitrogen and oxygen atoms in total. The Morgan fingerprint density at radius 3 is 2.12 bits per heavy atom. The minimum absolute atomic E-state index is 0.0920. The van der Waals surface area contributed by atoms with Gasteiger partial charge in [-0.05, 0) is 36.3 Å². The molecule has 5 N–H and O–H groups in total. The number of aromatic hydroxyl groups is 1. The first-order valence-electron chi connectivity index (χ1n) is 17.0. The number of aromatic nitrogens is 2. The summed E-state index contributed by atoms with van der Waals surface area (Å²) in [7, 11) is 1.67. The Morgan fingerprint density at radius 1 is 0.902 bits per heavy atom. The van der Waals surface area contributed by atoms with Crippen LogP contribution in [0.15, 0.2) is 71.6 Å². The van der Waals surface area contributed by atoms with E-state index in [0.717, 1.165) is 33.2 Å². The van der Waals surface area contributed by atoms with Crippen LogP contribution in [-0.2, 0) is 35.5 Å². The number of urea groups is 1. The summed E-state index contributed by atoms with van der Waals surface area (Å²) in [5.74, 6) is -0.527. The van der Waals surface area contributed by atoms with Crippen molar-refractivity contribution in [3.8, 4) is 5.88 Å². The second-order valence-electron chi connectivity index (χ2n) is 13.2. The third-order valence-electron chi connectivity index (χ3n) is 8.25. The fourth-order valence-corrected chi connectivity index (χ4v) is 6.82. The lowest BCUT2D eigenvalue weighted by Gasteiger charge is -2.30. The molecule has 2 aromatic carbocycles. The van der Waals surface area contributed by atoms with Crippen molar-refractivity contribution < 1.29 is 29.3 Å². The average molecular weight is 737 g/mol. The molecule has 4 atom stereocenters. The molecule has 274 valence electrons. The van der Waals surface area contributed by atoms with Crippen LogP contribution in [0.3, 0.4) is 0 Å². The molecule has 0 unspecified atom stereocenters. The highest BCUT2D eigenvalue weighted by Gasteiger charge is 2.31. The second kappa shape index (κ2) is 19.2. The number of alkyl carbamates (subject to hydrolysis) is 1. The molecule has 0 fully saturated rings. The number of carbonyl (C=O) groups is 3. The maximum absolute atomic E-state index is 13.9. The molecule has 4 amide bonds. The van der Waals surface area contributed by atoms with Gasteiger partial charge in [-0.1, -0.05) is 88.4 Å². The summed E-state index contributed by atoms with van der Waals surface area (Å²) in [6.45, 7) is 7.98. The van der Waals surface area contributed by atoms with Crippen LogP contribution in [-0.4, -0.2) is 74.4 Å². The Labute approximate surface area is 307 Å². The quantitative estimate of drug-likeness (QED) is 0.0934. The smallest absolute Gasteiger partial charge is 0.407 e. The van der Waals surface area contributed by atoms with Crippen molar-refractivity contribution >= 4 is 40.7 Å². The number of hydrogen-bond donors (Lipinski definition) is 5. The van der Waals surface area contributed by atoms with Crippen LogP contribution >= 0.6 is 22.7 Å². The van der Waals surface area contributed by atoms with Gasteiger partial charge in [0.1, 0.15) is 17.5 Å². The summed E-state index contributed by atoms with van der Waals surface area (Å²) in [6, 6.07) is 16.4. The highest BCUT2D eigenvalue weighted by Crippen LogP contribution is 2.22. The monoisotopic (exact) mass is 736 g/mol. The van der Waals surface area contributed by atoms with Crippen LogP contribution in [0.5, 0.6) is 5.88 Å². The molecule has 0 aliphatic heterocycles. The van der Waals surface area contributed by atoms with E-state index in [1.165, 1.54) is 10.4 Å². The van der Waals surface area contributed by atoms with Crippen LogP contribution in [0.4, 0.5) is 9.59 Å². The van der Waals surface area contributed by atoms with E-state index in [1.807, 2.05) is 79.9 Å². The zero-order valence-corrected chi connectivity index (χ0v) is 31.2. The number of thiazole rings is 2. The highest BCUT2D eigenvalue weighted by molar-refractivity contribution is 7.10. The van der Waals surface area contributed by atoms with Gasteiger partial charge in [0.15, 0.2) is 0 Å². The molecule has 0 spiro atoms. The summed E-state index contributed by atoms with van der Waals surface area (Å²) in [4.78, 5) is 50.4. The van der Waals surface area contributed by atoms with Crippen molar-refractivity contribution in [3.63, 3.8) is 0 Å². The van der Waals surface area contributed by atoms with Gasteiger partial charge in [-0.2, -0.15) is 0 Å². The van der Waals surface area contributed by atoms with Gasteiger partial charge in [0.25, 0.3) is 0 Å². The number of aliphatic hydroxyl groups is 1. The van der Waals surface area contributed by atoms with Gasteiger partial charge in [-0.25, -0.2) is 19.6 Å². The lowest BCUT2D eigenvalue weighted by atomic mass is 9.93. The topological polar surface area (TPSA) is 166 Å². The van der Waals surface area contributed by atoms with Crippen LogP contribution in [0.2, 0.25) is 0 Å². The number of carbonyl (C=O) groups excluding carboxylic acids is 3. The third kappa shape index (κ3) is 12.3. The average Bonchev–Trinajstić information content (AvgIpc) is 3.75. The van der Waals surface area contributed by atoms with E-state index in [0.29, 0.717) is 30.2 Å². The number of ether oxygens (including phenoxy) is 1. The van der Waals surface area contributed by atoms with E-state index in [-0.39, 0.29) is 30.7 Å². The van der Waals surface area contributed by atoms with E-state index >= 15 is 0 Å². The standard InChI is InChI=1S/C37H48N6O6S2/c1-23(2)32(42-36(47)43(5)19-28-21-50-35(40-28)24(3)4)34(46)39-27(16-25-12-8-6-9-13-25)18-30(44)29(17-26-14-10-7-11-15-26)41-37(48)49-20-31-33(45)38-22-51-31/h6-15,21-24,27,29-30,32,44-45H,16-20H2,1-5H3,(H,39,46)(H,41,48)(H,42,47)/t27-,29-,30-,32-/m0/s1. The molecule has 2 heterocycles. The first-order valence-corrected chi connectivity index (χ1v) is 18.7. The molecule has 0 aliphatic rings. The largest absolute Gasteiger partial charge is 0.492 e. The van der Waals surface area contributed by atoms with E-state index < -0.39 is 36.4 Å². The highest BCUT2D eigenvalue weighted by atomic mass is 32.1. The van der Waals surface area contributed by atoms with Crippen molar-refractivity contribution in [2.75, 3.05) is 7.05 Å². The molecule has 0 radical (unpaired) electrons. The Kier molecular flexibility index (Phi) is 14.8. The summed E-state index contributed by atoms with van der Waals surface area (Å²) in [6.07, 6.45) is -1.08. The second-order valence-corrected chi connectivity index (χ2v) is 15.0. The van der Waals surface area contributed by atoms with E-state index in [9.17, 15) is 24.6 Å². The molecule has 14 heteroatoms. The van der Waals surface area contributed by atoms with E-state index in [1.54, 1.807) is 18.4 Å². The Bertz CT molecular complexity index is 1680. The number of amides is 4. The minimum Gasteiger partial charge on any atom is -0.492 e. The SMILES string of the molecule is CC(C)c1nc(CN(C)C(=O)N[C@H](C(=O)N[C@@H](Cc2ccccc2)C[C@H](O)[C@H](Cc2ccccc2)NC(=O)OCc2scnc2O)C(C)C)cs1. The molecule has 0 aliphatic carbocycles. The maximum Gasteiger partial charge on any atom is 0.407 e. The first-order chi connectivity index (χ1) is 24.4. The summed E-state index contributed by atoms with van der Waals surface area (Å²) < 4.78 is 5.35. The molecule has 0 saturated heterocycles. The van der Waals surface area contributed by atoms with Crippen molar-refractivity contribution in [2.45, 2.75) is 90.3 Å². The summed E-state index contributed by atoms with van der Waals surface area (Å²) in [5, 5.41) is 33.2. The summed E-state index contributed by atoms with van der Waals surface area (Å²) >= 11 is 2.72. The van der Waals surface area contributed by atoms with Crippen LogP contribution in [0.1, 0.15) is 66.7 Å². The number of nitrogens with one attached hydrogen (secondary N) is 3. The Morgan fingerprint density at radius 2 is 1.55 bits per heavy atom. The normalized spacial score (nSPS) is 13.6. The van der Waals surface area contributed by atoms with Crippen molar-refractivity contribution in [1.82, 2.24) is 30.8 Å². The van der Waals surface area contributed by atoms with Gasteiger partial charge in [0.05, 0.1) is 34.9 Å². The molecule has 51 heavy (non-hydrogen) atoms. The van der Waals surface area contributed by atoms with Crippen LogP contribution < -0.4 is 16.0 Å². The van der Waals surface area contributed by atoms with E-state index in [2.05, 4.69) is 39.8 Å². The van der Waals surface area contributed by atoms with E-state index in [4.69, 9.17) is 4.74 Å². The summed E-state index contributed by atoms with van der Waals surface area (Å²) in [5.41, 5.74) is 4.07. The lowest BCUT2D eigenvalue weighted by Crippen LogP contribution is -2.55. The van der Waals surface area contributed by atoms with Gasteiger partial charge in [0.2, 0.25) is 11.8 Å². The minimum atomic E-state index is -1.10. The fourth-order valence-electron chi connectivity index (χ4n) is 5.43. The van der Waals surface area contributed by atoms with Gasteiger partial charge in [0, 0.05) is 24.4 Å². The molecular formula is C37H48N6O6S2. The molecule has 2 aromatic heterocycles. The zero-order valence-electron chi connectivity index (χ0n) is 29.6. The third-order valence-corrected chi connectivity index (χ3v) is 10.2. The fraction of sp³-hybridized carbons (Fsp3) is 0.432. The molecule has 4 rings (SSSR count). The van der Waals surface area contributed by atoms with Crippen LogP contribution in [0, 0.1) is 5.92 Å². The van der Waals surface area contributed by atoms with Crippen LogP contribution in [0.25, 0.3) is 0 Å². The van der Waals surface area contributed by atoms with Crippen molar-refractivity contribution in [1.29, 1.82) is 0 Å². The number of benzene rings is 2. The zero-order chi connectivity index (χ0) is 36.9. The number of aliphatic hydroxyl groups excluding tert-OH is 1.